The van der Waals surface area contributed by atoms with E-state index in [0.717, 1.165) is 48.2 Å². The number of nitrogens with zero attached hydrogens (tertiary/aromatic N) is 6. The first kappa shape index (κ1) is 16.7. The van der Waals surface area contributed by atoms with E-state index in [-0.39, 0.29) is 0 Å². The second-order valence-corrected chi connectivity index (χ2v) is 6.95. The standard InChI is InChI=1S/C20H24N6/c1-15-24-13-18(25(15)2)20-17(21-9-10-23-20)12-16-6-5-11-26(14-16)19-7-3-4-8-22-19/h3-4,7-10,13,16H,5-6,11-12,14H2,1-2H3/t16-/m1/s1. The molecule has 4 rings (SSSR count). The molecule has 0 amide bonds. The topological polar surface area (TPSA) is 59.7 Å². The quantitative estimate of drug-likeness (QED) is 0.725. The number of hydrogen-bond donors (Lipinski definition) is 0. The van der Waals surface area contributed by atoms with Gasteiger partial charge in [0.25, 0.3) is 0 Å². The summed E-state index contributed by atoms with van der Waals surface area (Å²) in [6.45, 7) is 4.09. The summed E-state index contributed by atoms with van der Waals surface area (Å²) >= 11 is 0. The molecule has 0 bridgehead atoms. The van der Waals surface area contributed by atoms with Crippen LogP contribution < -0.4 is 4.90 Å². The van der Waals surface area contributed by atoms with Crippen LogP contribution in [-0.2, 0) is 13.5 Å². The Morgan fingerprint density at radius 2 is 1.96 bits per heavy atom. The number of aryl methyl sites for hydroxylation is 1. The summed E-state index contributed by atoms with van der Waals surface area (Å²) in [7, 11) is 2.03. The highest BCUT2D eigenvalue weighted by Gasteiger charge is 2.23. The predicted molar refractivity (Wildman–Crippen MR) is 102 cm³/mol. The first-order valence-corrected chi connectivity index (χ1v) is 9.17. The maximum absolute atomic E-state index is 4.66. The van der Waals surface area contributed by atoms with Crippen LogP contribution in [0.15, 0.2) is 43.0 Å². The fraction of sp³-hybridized carbons (Fsp3) is 0.400. The minimum atomic E-state index is 0.551. The minimum absolute atomic E-state index is 0.551. The molecule has 3 aromatic heterocycles. The van der Waals surface area contributed by atoms with Crippen molar-refractivity contribution >= 4 is 5.82 Å². The molecule has 0 spiro atoms. The van der Waals surface area contributed by atoms with E-state index in [2.05, 4.69) is 41.5 Å². The zero-order chi connectivity index (χ0) is 17.9. The van der Waals surface area contributed by atoms with Gasteiger partial charge in [-0.3, -0.25) is 9.97 Å². The lowest BCUT2D eigenvalue weighted by Gasteiger charge is -2.33. The van der Waals surface area contributed by atoms with Gasteiger partial charge in [0.15, 0.2) is 0 Å². The molecule has 26 heavy (non-hydrogen) atoms. The van der Waals surface area contributed by atoms with E-state index in [9.17, 15) is 0 Å². The van der Waals surface area contributed by atoms with Gasteiger partial charge in [-0.1, -0.05) is 6.07 Å². The van der Waals surface area contributed by atoms with Gasteiger partial charge >= 0.3 is 0 Å². The molecule has 1 aliphatic heterocycles. The van der Waals surface area contributed by atoms with Crippen LogP contribution in [0.1, 0.15) is 24.4 Å². The van der Waals surface area contributed by atoms with E-state index in [1.54, 1.807) is 12.4 Å². The van der Waals surface area contributed by atoms with Crippen LogP contribution in [0.5, 0.6) is 0 Å². The Morgan fingerprint density at radius 3 is 2.73 bits per heavy atom. The molecule has 0 N–H and O–H groups in total. The van der Waals surface area contributed by atoms with E-state index in [4.69, 9.17) is 0 Å². The number of imidazole rings is 1. The van der Waals surface area contributed by atoms with Gasteiger partial charge in [0.05, 0.1) is 17.6 Å². The molecule has 6 heteroatoms. The highest BCUT2D eigenvalue weighted by Crippen LogP contribution is 2.27. The van der Waals surface area contributed by atoms with E-state index in [1.807, 2.05) is 32.4 Å². The van der Waals surface area contributed by atoms with Gasteiger partial charge in [-0.15, -0.1) is 0 Å². The number of aromatic nitrogens is 5. The van der Waals surface area contributed by atoms with Gasteiger partial charge in [-0.05, 0) is 44.2 Å². The summed E-state index contributed by atoms with van der Waals surface area (Å²) in [5.74, 6) is 2.60. The van der Waals surface area contributed by atoms with Crippen LogP contribution in [0.4, 0.5) is 5.82 Å². The number of rotatable bonds is 4. The molecule has 0 radical (unpaired) electrons. The Kier molecular flexibility index (Phi) is 4.65. The average Bonchev–Trinajstić information content (AvgIpc) is 3.02. The first-order valence-electron chi connectivity index (χ1n) is 9.17. The van der Waals surface area contributed by atoms with Crippen LogP contribution >= 0.6 is 0 Å². The Balaban J connectivity index is 1.55. The molecule has 134 valence electrons. The fourth-order valence-electron chi connectivity index (χ4n) is 3.71. The number of pyridine rings is 1. The van der Waals surface area contributed by atoms with Gasteiger partial charge in [0, 0.05) is 38.7 Å². The second-order valence-electron chi connectivity index (χ2n) is 6.95. The molecule has 0 unspecified atom stereocenters. The lowest BCUT2D eigenvalue weighted by molar-refractivity contribution is 0.408. The van der Waals surface area contributed by atoms with Gasteiger partial charge < -0.3 is 9.47 Å². The third-order valence-electron chi connectivity index (χ3n) is 5.21. The monoisotopic (exact) mass is 348 g/mol. The molecule has 0 aliphatic carbocycles. The lowest BCUT2D eigenvalue weighted by Crippen LogP contribution is -2.36. The fourth-order valence-corrected chi connectivity index (χ4v) is 3.71. The van der Waals surface area contributed by atoms with Crippen molar-refractivity contribution in [2.45, 2.75) is 26.2 Å². The van der Waals surface area contributed by atoms with Crippen molar-refractivity contribution in [3.63, 3.8) is 0 Å². The number of anilines is 1. The SMILES string of the molecule is Cc1ncc(-c2nccnc2C[C@H]2CCCN(c3ccccn3)C2)n1C. The number of piperidine rings is 1. The van der Waals surface area contributed by atoms with Crippen molar-refractivity contribution in [2.24, 2.45) is 13.0 Å². The van der Waals surface area contributed by atoms with Gasteiger partial charge in [-0.2, -0.15) is 0 Å². The molecular formula is C20H24N6. The third kappa shape index (κ3) is 3.31. The number of hydrogen-bond acceptors (Lipinski definition) is 5. The molecule has 4 heterocycles. The summed E-state index contributed by atoms with van der Waals surface area (Å²) in [6.07, 6.45) is 10.6. The maximum atomic E-state index is 4.66. The van der Waals surface area contributed by atoms with Crippen LogP contribution in [0.25, 0.3) is 11.4 Å². The van der Waals surface area contributed by atoms with Crippen LogP contribution in [0.2, 0.25) is 0 Å². The van der Waals surface area contributed by atoms with E-state index in [0.29, 0.717) is 5.92 Å². The van der Waals surface area contributed by atoms with E-state index < -0.39 is 0 Å². The normalized spacial score (nSPS) is 17.5. The molecule has 1 aliphatic rings. The van der Waals surface area contributed by atoms with Crippen molar-refractivity contribution in [1.29, 1.82) is 0 Å². The average molecular weight is 348 g/mol. The molecule has 6 nitrogen and oxygen atoms in total. The van der Waals surface area contributed by atoms with Crippen LogP contribution in [0, 0.1) is 12.8 Å². The summed E-state index contributed by atoms with van der Waals surface area (Å²) in [6, 6.07) is 6.11. The highest BCUT2D eigenvalue weighted by atomic mass is 15.2. The molecule has 1 saturated heterocycles. The molecule has 1 atom stereocenters. The lowest BCUT2D eigenvalue weighted by atomic mass is 9.92. The molecule has 0 aromatic carbocycles. The Bertz CT molecular complexity index is 873. The van der Waals surface area contributed by atoms with E-state index >= 15 is 0 Å². The largest absolute Gasteiger partial charge is 0.356 e. The minimum Gasteiger partial charge on any atom is -0.356 e. The second kappa shape index (κ2) is 7.23. The Labute approximate surface area is 154 Å². The van der Waals surface area contributed by atoms with Crippen LogP contribution in [-0.4, -0.2) is 37.6 Å². The summed E-state index contributed by atoms with van der Waals surface area (Å²) in [4.78, 5) is 20.6. The maximum Gasteiger partial charge on any atom is 0.128 e. The Morgan fingerprint density at radius 1 is 1.08 bits per heavy atom. The van der Waals surface area contributed by atoms with Gasteiger partial charge in [0.1, 0.15) is 17.3 Å². The third-order valence-corrected chi connectivity index (χ3v) is 5.21. The van der Waals surface area contributed by atoms with E-state index in [1.165, 1.54) is 12.8 Å². The summed E-state index contributed by atoms with van der Waals surface area (Å²) in [5, 5.41) is 0. The zero-order valence-corrected chi connectivity index (χ0v) is 15.3. The van der Waals surface area contributed by atoms with Gasteiger partial charge in [0.2, 0.25) is 0 Å². The van der Waals surface area contributed by atoms with Crippen molar-refractivity contribution in [3.05, 3.63) is 54.5 Å². The van der Waals surface area contributed by atoms with Crippen molar-refractivity contribution in [2.75, 3.05) is 18.0 Å². The Hall–Kier alpha value is -2.76. The zero-order valence-electron chi connectivity index (χ0n) is 15.3. The first-order chi connectivity index (χ1) is 12.7. The predicted octanol–water partition coefficient (Wildman–Crippen LogP) is 3.04. The van der Waals surface area contributed by atoms with Crippen molar-refractivity contribution in [3.8, 4) is 11.4 Å². The van der Waals surface area contributed by atoms with Crippen molar-refractivity contribution < 1.29 is 0 Å². The molecular weight excluding hydrogens is 324 g/mol. The smallest absolute Gasteiger partial charge is 0.128 e. The summed E-state index contributed by atoms with van der Waals surface area (Å²) < 4.78 is 2.08. The van der Waals surface area contributed by atoms with Crippen LogP contribution in [0.3, 0.4) is 0 Å². The summed E-state index contributed by atoms with van der Waals surface area (Å²) in [5.41, 5.74) is 3.04. The molecule has 1 fully saturated rings. The van der Waals surface area contributed by atoms with Gasteiger partial charge in [-0.25, -0.2) is 9.97 Å². The molecule has 3 aromatic rings. The van der Waals surface area contributed by atoms with Crippen molar-refractivity contribution in [1.82, 2.24) is 24.5 Å². The molecule has 0 saturated carbocycles. The highest BCUT2D eigenvalue weighted by molar-refractivity contribution is 5.57.